The number of carbonyl (C=O) groups excluding carboxylic acids is 1. The molecule has 90 valence electrons. The first-order valence-corrected chi connectivity index (χ1v) is 6.65. The maximum atomic E-state index is 11.7. The smallest absolute Gasteiger partial charge is 0.244 e. The van der Waals surface area contributed by atoms with E-state index in [4.69, 9.17) is 0 Å². The molecule has 0 aromatic heterocycles. The van der Waals surface area contributed by atoms with E-state index in [-0.39, 0.29) is 17.4 Å². The van der Waals surface area contributed by atoms with E-state index in [1.807, 2.05) is 7.05 Å². The summed E-state index contributed by atoms with van der Waals surface area (Å²) in [6.07, 6.45) is 0.887. The molecule has 2 heterocycles. The van der Waals surface area contributed by atoms with E-state index in [0.717, 1.165) is 30.4 Å². The number of amidine groups is 1. The zero-order chi connectivity index (χ0) is 11.8. The molecule has 0 aromatic rings. The molecule has 0 aromatic carbocycles. The molecular formula is C11H19N3OS. The monoisotopic (exact) mass is 241 g/mol. The van der Waals surface area contributed by atoms with Crippen LogP contribution in [-0.2, 0) is 4.79 Å². The second kappa shape index (κ2) is 4.28. The topological polar surface area (TPSA) is 44.7 Å². The van der Waals surface area contributed by atoms with Crippen molar-refractivity contribution in [3.8, 4) is 0 Å². The van der Waals surface area contributed by atoms with Gasteiger partial charge in [0, 0.05) is 25.9 Å². The van der Waals surface area contributed by atoms with Gasteiger partial charge in [-0.2, -0.15) is 0 Å². The number of likely N-dealkylation sites (tertiary alicyclic amines) is 1. The number of carbonyl (C=O) groups is 1. The summed E-state index contributed by atoms with van der Waals surface area (Å²) >= 11 is 1.73. The molecular weight excluding hydrogens is 222 g/mol. The Morgan fingerprint density at radius 2 is 2.31 bits per heavy atom. The van der Waals surface area contributed by atoms with Crippen molar-refractivity contribution in [1.29, 1.82) is 0 Å². The standard InChI is InChI=1S/C11H19N3OS/c1-11(2)6-12-10(16-7-11)13-8-4-5-14(3)9(8)15/h8H,4-7H2,1-3H3,(H,12,13). The van der Waals surface area contributed by atoms with Crippen LogP contribution in [0.25, 0.3) is 0 Å². The Morgan fingerprint density at radius 3 is 2.81 bits per heavy atom. The highest BCUT2D eigenvalue weighted by molar-refractivity contribution is 8.13. The lowest BCUT2D eigenvalue weighted by Crippen LogP contribution is -2.41. The molecule has 4 nitrogen and oxygen atoms in total. The quantitative estimate of drug-likeness (QED) is 0.743. The zero-order valence-corrected chi connectivity index (χ0v) is 10.9. The molecule has 1 saturated heterocycles. The summed E-state index contributed by atoms with van der Waals surface area (Å²) in [6, 6.07) is -0.0579. The number of nitrogens with zero attached hydrogens (tertiary/aromatic N) is 2. The molecule has 0 saturated carbocycles. The van der Waals surface area contributed by atoms with Gasteiger partial charge in [0.15, 0.2) is 5.17 Å². The number of likely N-dealkylation sites (N-methyl/N-ethyl adjacent to an activating group) is 1. The summed E-state index contributed by atoms with van der Waals surface area (Å²) < 4.78 is 0. The highest BCUT2D eigenvalue weighted by Gasteiger charge is 2.31. The molecule has 16 heavy (non-hydrogen) atoms. The SMILES string of the molecule is CN1CCC(NC2=NCC(C)(C)CS2)C1=O. The van der Waals surface area contributed by atoms with Crippen molar-refractivity contribution in [2.24, 2.45) is 10.4 Å². The van der Waals surface area contributed by atoms with E-state index >= 15 is 0 Å². The molecule has 1 fully saturated rings. The summed E-state index contributed by atoms with van der Waals surface area (Å²) in [5.41, 5.74) is 0.284. The van der Waals surface area contributed by atoms with Crippen molar-refractivity contribution >= 4 is 22.8 Å². The third-order valence-corrected chi connectivity index (χ3v) is 4.42. The van der Waals surface area contributed by atoms with Crippen molar-refractivity contribution in [2.45, 2.75) is 26.3 Å². The van der Waals surface area contributed by atoms with Crippen LogP contribution in [0.1, 0.15) is 20.3 Å². The van der Waals surface area contributed by atoms with Gasteiger partial charge in [-0.25, -0.2) is 0 Å². The number of rotatable bonds is 1. The first-order valence-electron chi connectivity index (χ1n) is 5.67. The minimum Gasteiger partial charge on any atom is -0.353 e. The molecule has 1 unspecified atom stereocenters. The van der Waals surface area contributed by atoms with Gasteiger partial charge < -0.3 is 10.2 Å². The predicted molar refractivity (Wildman–Crippen MR) is 67.7 cm³/mol. The largest absolute Gasteiger partial charge is 0.353 e. The van der Waals surface area contributed by atoms with Crippen LogP contribution in [0.4, 0.5) is 0 Å². The fourth-order valence-electron chi connectivity index (χ4n) is 1.83. The van der Waals surface area contributed by atoms with Gasteiger partial charge in [0.05, 0.1) is 0 Å². The average Bonchev–Trinajstić information content (AvgIpc) is 2.53. The molecule has 2 aliphatic rings. The number of hydrogen-bond donors (Lipinski definition) is 1. The second-order valence-electron chi connectivity index (χ2n) is 5.32. The first-order chi connectivity index (χ1) is 7.48. The molecule has 0 aliphatic carbocycles. The van der Waals surface area contributed by atoms with Gasteiger partial charge in [0.1, 0.15) is 6.04 Å². The van der Waals surface area contributed by atoms with Crippen molar-refractivity contribution in [2.75, 3.05) is 25.9 Å². The van der Waals surface area contributed by atoms with Crippen molar-refractivity contribution in [1.82, 2.24) is 10.2 Å². The Balaban J connectivity index is 1.92. The van der Waals surface area contributed by atoms with Crippen LogP contribution in [0.3, 0.4) is 0 Å². The minimum absolute atomic E-state index is 0.0579. The van der Waals surface area contributed by atoms with Crippen LogP contribution in [-0.4, -0.2) is 47.9 Å². The highest BCUT2D eigenvalue weighted by Crippen LogP contribution is 2.27. The average molecular weight is 241 g/mol. The van der Waals surface area contributed by atoms with Crippen molar-refractivity contribution in [3.05, 3.63) is 0 Å². The lowest BCUT2D eigenvalue weighted by molar-refractivity contribution is -0.127. The minimum atomic E-state index is -0.0579. The summed E-state index contributed by atoms with van der Waals surface area (Å²) in [6.45, 7) is 6.13. The Hall–Kier alpha value is -0.710. The van der Waals surface area contributed by atoms with Crippen LogP contribution in [0, 0.1) is 5.41 Å². The van der Waals surface area contributed by atoms with E-state index in [9.17, 15) is 4.79 Å². The van der Waals surface area contributed by atoms with Crippen LogP contribution >= 0.6 is 11.8 Å². The van der Waals surface area contributed by atoms with Gasteiger partial charge in [-0.15, -0.1) is 0 Å². The highest BCUT2D eigenvalue weighted by atomic mass is 32.2. The fourth-order valence-corrected chi connectivity index (χ4v) is 2.83. The third kappa shape index (κ3) is 2.51. The van der Waals surface area contributed by atoms with Crippen LogP contribution in [0.2, 0.25) is 0 Å². The lowest BCUT2D eigenvalue weighted by atomic mass is 9.97. The summed E-state index contributed by atoms with van der Waals surface area (Å²) in [4.78, 5) is 18.0. The normalized spacial score (nSPS) is 29.2. The molecule has 0 radical (unpaired) electrons. The summed E-state index contributed by atoms with van der Waals surface area (Å²) in [5.74, 6) is 1.25. The summed E-state index contributed by atoms with van der Waals surface area (Å²) in [7, 11) is 1.85. The fraction of sp³-hybridized carbons (Fsp3) is 0.818. The van der Waals surface area contributed by atoms with E-state index < -0.39 is 0 Å². The Bertz CT molecular complexity index is 327. The Kier molecular flexibility index (Phi) is 3.15. The third-order valence-electron chi connectivity index (χ3n) is 2.98. The molecule has 5 heteroatoms. The second-order valence-corrected chi connectivity index (χ2v) is 6.28. The number of aliphatic imine (C=N–C) groups is 1. The molecule has 2 rings (SSSR count). The van der Waals surface area contributed by atoms with Crippen molar-refractivity contribution < 1.29 is 4.79 Å². The van der Waals surface area contributed by atoms with Gasteiger partial charge in [0.2, 0.25) is 5.91 Å². The van der Waals surface area contributed by atoms with E-state index in [2.05, 4.69) is 24.2 Å². The lowest BCUT2D eigenvalue weighted by Gasteiger charge is -2.28. The van der Waals surface area contributed by atoms with Gasteiger partial charge >= 0.3 is 0 Å². The van der Waals surface area contributed by atoms with Gasteiger partial charge in [-0.05, 0) is 11.8 Å². The number of thioether (sulfide) groups is 1. The molecule has 1 N–H and O–H groups in total. The van der Waals surface area contributed by atoms with Gasteiger partial charge in [-0.3, -0.25) is 9.79 Å². The predicted octanol–water partition coefficient (Wildman–Crippen LogP) is 0.936. The first kappa shape index (κ1) is 11.8. The number of hydrogen-bond acceptors (Lipinski definition) is 4. The number of nitrogens with one attached hydrogen (secondary N) is 1. The summed E-state index contributed by atoms with van der Waals surface area (Å²) in [5, 5.41) is 4.20. The Labute approximate surface area is 101 Å². The number of amides is 1. The Morgan fingerprint density at radius 1 is 1.56 bits per heavy atom. The van der Waals surface area contributed by atoms with Crippen LogP contribution in [0.5, 0.6) is 0 Å². The molecule has 1 atom stereocenters. The molecule has 0 spiro atoms. The van der Waals surface area contributed by atoms with Crippen LogP contribution in [0.15, 0.2) is 4.99 Å². The maximum absolute atomic E-state index is 11.7. The molecule has 1 amide bonds. The van der Waals surface area contributed by atoms with E-state index in [1.54, 1.807) is 16.7 Å². The van der Waals surface area contributed by atoms with Gasteiger partial charge in [-0.1, -0.05) is 25.6 Å². The zero-order valence-electron chi connectivity index (χ0n) is 10.1. The van der Waals surface area contributed by atoms with E-state index in [1.165, 1.54) is 0 Å². The maximum Gasteiger partial charge on any atom is 0.244 e. The van der Waals surface area contributed by atoms with Crippen molar-refractivity contribution in [3.63, 3.8) is 0 Å². The molecule has 2 aliphatic heterocycles. The van der Waals surface area contributed by atoms with E-state index in [0.29, 0.717) is 0 Å². The van der Waals surface area contributed by atoms with Gasteiger partial charge in [0.25, 0.3) is 0 Å². The molecule has 0 bridgehead atoms. The van der Waals surface area contributed by atoms with Crippen LogP contribution < -0.4 is 5.32 Å².